The van der Waals surface area contributed by atoms with Gasteiger partial charge in [-0.05, 0) is 53.6 Å². The summed E-state index contributed by atoms with van der Waals surface area (Å²) >= 11 is 0. The summed E-state index contributed by atoms with van der Waals surface area (Å²) in [5.41, 5.74) is 3.40. The predicted molar refractivity (Wildman–Crippen MR) is 122 cm³/mol. The Morgan fingerprint density at radius 2 is 1.97 bits per heavy atom. The lowest BCUT2D eigenvalue weighted by molar-refractivity contribution is 0.303. The molecular formula is C21H28Cl2N6O. The molecule has 4 rings (SSSR count). The standard InChI is InChI=1S/C21H26N6O.2ClH/c1-27-21(24-25-26-27)16-10-11-19(28-2)17(13-16)14-23-18-9-6-12-22-20(18)15-7-4-3-5-8-15;;/h3-5,7-8,10-11,13,18,20,22-23H,6,9,12,14H2,1-2H3;2*1H/t18-,20-;;/m1../s1. The molecule has 1 aliphatic heterocycles. The van der Waals surface area contributed by atoms with Gasteiger partial charge >= 0.3 is 0 Å². The summed E-state index contributed by atoms with van der Waals surface area (Å²) in [7, 11) is 3.55. The van der Waals surface area contributed by atoms with Gasteiger partial charge in [-0.25, -0.2) is 4.68 Å². The largest absolute Gasteiger partial charge is 0.496 e. The zero-order valence-electron chi connectivity index (χ0n) is 17.1. The Morgan fingerprint density at radius 3 is 2.67 bits per heavy atom. The number of rotatable bonds is 6. The number of ether oxygens (including phenoxy) is 1. The van der Waals surface area contributed by atoms with E-state index in [1.54, 1.807) is 11.8 Å². The second-order valence-corrected chi connectivity index (χ2v) is 7.12. The zero-order chi connectivity index (χ0) is 19.3. The lowest BCUT2D eigenvalue weighted by Crippen LogP contribution is -2.45. The summed E-state index contributed by atoms with van der Waals surface area (Å²) in [6.45, 7) is 1.77. The molecule has 0 spiro atoms. The molecule has 0 saturated carbocycles. The lowest BCUT2D eigenvalue weighted by atomic mass is 9.92. The van der Waals surface area contributed by atoms with Crippen LogP contribution in [0.25, 0.3) is 11.4 Å². The fourth-order valence-electron chi connectivity index (χ4n) is 3.89. The Morgan fingerprint density at radius 1 is 1.17 bits per heavy atom. The van der Waals surface area contributed by atoms with Crippen LogP contribution in [0, 0.1) is 0 Å². The number of benzene rings is 2. The summed E-state index contributed by atoms with van der Waals surface area (Å²) in [5, 5.41) is 19.2. The molecule has 1 fully saturated rings. The molecule has 30 heavy (non-hydrogen) atoms. The fourth-order valence-corrected chi connectivity index (χ4v) is 3.89. The predicted octanol–water partition coefficient (Wildman–Crippen LogP) is 3.31. The highest BCUT2D eigenvalue weighted by Gasteiger charge is 2.25. The van der Waals surface area contributed by atoms with Crippen LogP contribution in [0.1, 0.15) is 30.0 Å². The van der Waals surface area contributed by atoms with Crippen LogP contribution in [-0.4, -0.2) is 39.9 Å². The summed E-state index contributed by atoms with van der Waals surface area (Å²) < 4.78 is 7.26. The van der Waals surface area contributed by atoms with Gasteiger partial charge in [0.25, 0.3) is 0 Å². The maximum atomic E-state index is 5.59. The van der Waals surface area contributed by atoms with Gasteiger partial charge in [0.1, 0.15) is 5.75 Å². The number of nitrogens with one attached hydrogen (secondary N) is 2. The third kappa shape index (κ3) is 5.29. The molecule has 1 aromatic heterocycles. The highest BCUT2D eigenvalue weighted by Crippen LogP contribution is 2.27. The molecule has 1 aliphatic rings. The minimum atomic E-state index is 0. The van der Waals surface area contributed by atoms with Crippen LogP contribution in [0.2, 0.25) is 0 Å². The number of methoxy groups -OCH3 is 1. The lowest BCUT2D eigenvalue weighted by Gasteiger charge is -2.34. The molecule has 2 aromatic carbocycles. The summed E-state index contributed by atoms with van der Waals surface area (Å²) in [4.78, 5) is 0. The number of aryl methyl sites for hydroxylation is 1. The van der Waals surface area contributed by atoms with Crippen LogP contribution >= 0.6 is 24.8 Å². The van der Waals surface area contributed by atoms with Crippen molar-refractivity contribution >= 4 is 24.8 Å². The van der Waals surface area contributed by atoms with Crippen molar-refractivity contribution < 1.29 is 4.74 Å². The number of tetrazole rings is 1. The molecule has 9 heteroatoms. The van der Waals surface area contributed by atoms with Crippen molar-refractivity contribution in [3.05, 3.63) is 59.7 Å². The maximum absolute atomic E-state index is 5.59. The molecule has 0 unspecified atom stereocenters. The first-order chi connectivity index (χ1) is 13.8. The SMILES string of the molecule is COc1ccc(-c2nnnn2C)cc1CN[C@@H]1CCCN[C@@H]1c1ccccc1.Cl.Cl. The van der Waals surface area contributed by atoms with E-state index in [2.05, 4.69) is 62.6 Å². The van der Waals surface area contributed by atoms with Crippen LogP contribution in [0.15, 0.2) is 48.5 Å². The Labute approximate surface area is 189 Å². The van der Waals surface area contributed by atoms with Crippen molar-refractivity contribution in [3.63, 3.8) is 0 Å². The first-order valence-corrected chi connectivity index (χ1v) is 9.67. The van der Waals surface area contributed by atoms with Crippen molar-refractivity contribution in [3.8, 4) is 17.1 Å². The van der Waals surface area contributed by atoms with E-state index in [0.717, 1.165) is 42.2 Å². The van der Waals surface area contributed by atoms with E-state index in [-0.39, 0.29) is 24.8 Å². The van der Waals surface area contributed by atoms with Gasteiger partial charge in [-0.15, -0.1) is 29.9 Å². The second kappa shape index (κ2) is 11.3. The Hall–Kier alpha value is -2.19. The Kier molecular flexibility index (Phi) is 9.05. The smallest absolute Gasteiger partial charge is 0.181 e. The molecule has 2 heterocycles. The van der Waals surface area contributed by atoms with Gasteiger partial charge in [0.15, 0.2) is 5.82 Å². The molecule has 7 nitrogen and oxygen atoms in total. The number of halogens is 2. The average molecular weight is 451 g/mol. The second-order valence-electron chi connectivity index (χ2n) is 7.12. The Bertz CT molecular complexity index is 921. The number of aromatic nitrogens is 4. The maximum Gasteiger partial charge on any atom is 0.181 e. The molecule has 1 saturated heterocycles. The van der Waals surface area contributed by atoms with Gasteiger partial charge in [-0.1, -0.05) is 30.3 Å². The van der Waals surface area contributed by atoms with Crippen molar-refractivity contribution in [2.24, 2.45) is 7.05 Å². The number of hydrogen-bond acceptors (Lipinski definition) is 6. The molecule has 0 radical (unpaired) electrons. The third-order valence-electron chi connectivity index (χ3n) is 5.33. The number of nitrogens with zero attached hydrogens (tertiary/aromatic N) is 4. The fraction of sp³-hybridized carbons (Fsp3) is 0.381. The van der Waals surface area contributed by atoms with Crippen molar-refractivity contribution in [1.29, 1.82) is 0 Å². The Balaban J connectivity index is 0.00000160. The average Bonchev–Trinajstić information content (AvgIpc) is 3.18. The van der Waals surface area contributed by atoms with Gasteiger partial charge in [0, 0.05) is 36.8 Å². The van der Waals surface area contributed by atoms with E-state index in [1.807, 2.05) is 19.2 Å². The van der Waals surface area contributed by atoms with E-state index in [4.69, 9.17) is 4.74 Å². The van der Waals surface area contributed by atoms with E-state index in [0.29, 0.717) is 12.1 Å². The molecule has 3 aromatic rings. The van der Waals surface area contributed by atoms with Crippen molar-refractivity contribution in [2.45, 2.75) is 31.5 Å². The van der Waals surface area contributed by atoms with E-state index in [9.17, 15) is 0 Å². The number of piperidine rings is 1. The van der Waals surface area contributed by atoms with Crippen LogP contribution in [0.5, 0.6) is 5.75 Å². The van der Waals surface area contributed by atoms with Gasteiger partial charge in [-0.2, -0.15) is 0 Å². The number of hydrogen-bond donors (Lipinski definition) is 2. The van der Waals surface area contributed by atoms with Crippen LogP contribution in [0.4, 0.5) is 0 Å². The minimum absolute atomic E-state index is 0. The normalized spacial score (nSPS) is 18.2. The monoisotopic (exact) mass is 450 g/mol. The van der Waals surface area contributed by atoms with Gasteiger partial charge < -0.3 is 15.4 Å². The minimum Gasteiger partial charge on any atom is -0.496 e. The molecule has 0 bridgehead atoms. The quantitative estimate of drug-likeness (QED) is 0.599. The highest BCUT2D eigenvalue weighted by atomic mass is 35.5. The third-order valence-corrected chi connectivity index (χ3v) is 5.33. The topological polar surface area (TPSA) is 76.9 Å². The van der Waals surface area contributed by atoms with Gasteiger partial charge in [-0.3, -0.25) is 0 Å². The molecule has 0 aliphatic carbocycles. The van der Waals surface area contributed by atoms with E-state index in [1.165, 1.54) is 12.0 Å². The molecule has 0 amide bonds. The van der Waals surface area contributed by atoms with Crippen LogP contribution in [-0.2, 0) is 13.6 Å². The summed E-state index contributed by atoms with van der Waals surface area (Å²) in [6, 6.07) is 17.4. The van der Waals surface area contributed by atoms with Crippen LogP contribution in [0.3, 0.4) is 0 Å². The summed E-state index contributed by atoms with van der Waals surface area (Å²) in [6.07, 6.45) is 2.31. The summed E-state index contributed by atoms with van der Waals surface area (Å²) in [5.74, 6) is 1.61. The first kappa shape index (κ1) is 24.1. The van der Waals surface area contributed by atoms with E-state index < -0.39 is 0 Å². The molecular weight excluding hydrogens is 423 g/mol. The van der Waals surface area contributed by atoms with Crippen LogP contribution < -0.4 is 15.4 Å². The van der Waals surface area contributed by atoms with Crippen molar-refractivity contribution in [1.82, 2.24) is 30.8 Å². The first-order valence-electron chi connectivity index (χ1n) is 9.67. The zero-order valence-corrected chi connectivity index (χ0v) is 18.7. The molecule has 2 N–H and O–H groups in total. The highest BCUT2D eigenvalue weighted by molar-refractivity contribution is 5.85. The van der Waals surface area contributed by atoms with Gasteiger partial charge in [0.2, 0.25) is 0 Å². The molecule has 162 valence electrons. The van der Waals surface area contributed by atoms with Crippen molar-refractivity contribution in [2.75, 3.05) is 13.7 Å². The van der Waals surface area contributed by atoms with E-state index >= 15 is 0 Å². The van der Waals surface area contributed by atoms with Gasteiger partial charge in [0.05, 0.1) is 7.11 Å². The molecule has 2 atom stereocenters.